The summed E-state index contributed by atoms with van der Waals surface area (Å²) >= 11 is 0. The minimum absolute atomic E-state index is 0.0938. The monoisotopic (exact) mass is 296 g/mol. The van der Waals surface area contributed by atoms with Crippen LogP contribution in [0, 0.1) is 18.7 Å². The molecule has 0 saturated carbocycles. The summed E-state index contributed by atoms with van der Waals surface area (Å²) < 4.78 is 13.3. The Hall–Kier alpha value is -2.44. The predicted octanol–water partition coefficient (Wildman–Crippen LogP) is 0.701. The minimum Gasteiger partial charge on any atom is -0.481 e. The highest BCUT2D eigenvalue weighted by Gasteiger charge is 2.19. The molecule has 0 spiro atoms. The van der Waals surface area contributed by atoms with E-state index in [9.17, 15) is 18.8 Å². The Balaban J connectivity index is 2.39. The zero-order chi connectivity index (χ0) is 16.0. The predicted molar refractivity (Wildman–Crippen MR) is 73.3 cm³/mol. The Morgan fingerprint density at radius 3 is 2.43 bits per heavy atom. The van der Waals surface area contributed by atoms with E-state index >= 15 is 0 Å². The van der Waals surface area contributed by atoms with Gasteiger partial charge in [0.2, 0.25) is 5.91 Å². The fraction of sp³-hybridized carbons (Fsp3) is 0.357. The maximum Gasteiger partial charge on any atom is 0.315 e. The van der Waals surface area contributed by atoms with Crippen molar-refractivity contribution in [2.75, 3.05) is 13.1 Å². The number of amides is 2. The number of hydrogen-bond acceptors (Lipinski definition) is 3. The quantitative estimate of drug-likeness (QED) is 0.532. The first kappa shape index (κ1) is 16.6. The number of carboxylic acids is 1. The first-order chi connectivity index (χ1) is 9.82. The van der Waals surface area contributed by atoms with E-state index in [1.165, 1.54) is 19.1 Å². The first-order valence-corrected chi connectivity index (χ1v) is 6.37. The molecule has 114 valence electrons. The molecule has 0 bridgehead atoms. The average Bonchev–Trinajstić information content (AvgIpc) is 2.44. The van der Waals surface area contributed by atoms with Crippen LogP contribution in [0.5, 0.6) is 0 Å². The van der Waals surface area contributed by atoms with Gasteiger partial charge in [0.15, 0.2) is 0 Å². The Kier molecular flexibility index (Phi) is 5.83. The van der Waals surface area contributed by atoms with Crippen LogP contribution in [0.1, 0.15) is 22.8 Å². The standard InChI is InChI=1S/C14H17FN2O4/c1-8-3-4-10(7-11(8)15)13(19)17-6-5-16-12(18)9(2)14(20)21/h3-4,7,9H,5-6H2,1-2H3,(H,16,18)(H,17,19)(H,20,21). The van der Waals surface area contributed by atoms with Crippen molar-refractivity contribution < 1.29 is 23.9 Å². The van der Waals surface area contributed by atoms with Gasteiger partial charge in [0.05, 0.1) is 0 Å². The van der Waals surface area contributed by atoms with E-state index in [0.29, 0.717) is 5.56 Å². The fourth-order valence-electron chi connectivity index (χ4n) is 1.46. The number of aryl methyl sites for hydroxylation is 1. The van der Waals surface area contributed by atoms with Gasteiger partial charge in [-0.05, 0) is 31.5 Å². The summed E-state index contributed by atoms with van der Waals surface area (Å²) in [6, 6.07) is 4.13. The molecule has 2 amide bonds. The molecule has 1 rings (SSSR count). The molecular formula is C14H17FN2O4. The van der Waals surface area contributed by atoms with E-state index < -0.39 is 29.5 Å². The van der Waals surface area contributed by atoms with Crippen molar-refractivity contribution in [2.45, 2.75) is 13.8 Å². The summed E-state index contributed by atoms with van der Waals surface area (Å²) in [7, 11) is 0. The van der Waals surface area contributed by atoms with Crippen molar-refractivity contribution >= 4 is 17.8 Å². The molecule has 0 aliphatic rings. The SMILES string of the molecule is Cc1ccc(C(=O)NCCNC(=O)C(C)C(=O)O)cc1F. The van der Waals surface area contributed by atoms with E-state index in [1.54, 1.807) is 6.92 Å². The Morgan fingerprint density at radius 1 is 1.24 bits per heavy atom. The summed E-state index contributed by atoms with van der Waals surface area (Å²) in [5.41, 5.74) is 0.629. The van der Waals surface area contributed by atoms with Gasteiger partial charge in [0.25, 0.3) is 5.91 Å². The number of carboxylic acid groups (broad SMARTS) is 1. The summed E-state index contributed by atoms with van der Waals surface area (Å²) in [6.07, 6.45) is 0. The molecule has 0 heterocycles. The van der Waals surface area contributed by atoms with E-state index in [0.717, 1.165) is 6.07 Å². The Morgan fingerprint density at radius 2 is 1.86 bits per heavy atom. The van der Waals surface area contributed by atoms with Crippen molar-refractivity contribution in [1.29, 1.82) is 0 Å². The summed E-state index contributed by atoms with van der Waals surface area (Å²) in [5.74, 6) is -3.92. The highest BCUT2D eigenvalue weighted by atomic mass is 19.1. The van der Waals surface area contributed by atoms with Crippen molar-refractivity contribution in [2.24, 2.45) is 5.92 Å². The molecule has 0 radical (unpaired) electrons. The maximum atomic E-state index is 13.3. The van der Waals surface area contributed by atoms with E-state index in [-0.39, 0.29) is 18.7 Å². The van der Waals surface area contributed by atoms with E-state index in [1.807, 2.05) is 0 Å². The summed E-state index contributed by atoms with van der Waals surface area (Å²) in [6.45, 7) is 3.07. The second-order valence-corrected chi connectivity index (χ2v) is 4.57. The van der Waals surface area contributed by atoms with E-state index in [2.05, 4.69) is 10.6 Å². The molecule has 7 heteroatoms. The van der Waals surface area contributed by atoms with Crippen molar-refractivity contribution in [1.82, 2.24) is 10.6 Å². The largest absolute Gasteiger partial charge is 0.481 e. The highest BCUT2D eigenvalue weighted by molar-refractivity contribution is 5.96. The lowest BCUT2D eigenvalue weighted by molar-refractivity contribution is -0.146. The smallest absolute Gasteiger partial charge is 0.315 e. The third kappa shape index (κ3) is 4.87. The average molecular weight is 296 g/mol. The fourth-order valence-corrected chi connectivity index (χ4v) is 1.46. The molecule has 6 nitrogen and oxygen atoms in total. The lowest BCUT2D eigenvalue weighted by atomic mass is 10.1. The number of halogens is 1. The van der Waals surface area contributed by atoms with Crippen LogP contribution in [0.4, 0.5) is 4.39 Å². The third-order valence-electron chi connectivity index (χ3n) is 2.91. The molecule has 1 atom stereocenters. The Bertz CT molecular complexity index is 560. The van der Waals surface area contributed by atoms with Gasteiger partial charge in [-0.2, -0.15) is 0 Å². The topological polar surface area (TPSA) is 95.5 Å². The normalized spacial score (nSPS) is 11.6. The highest BCUT2D eigenvalue weighted by Crippen LogP contribution is 2.08. The van der Waals surface area contributed by atoms with Gasteiger partial charge in [-0.25, -0.2) is 4.39 Å². The molecule has 0 aliphatic carbocycles. The summed E-state index contributed by atoms with van der Waals surface area (Å²) in [5, 5.41) is 13.5. The van der Waals surface area contributed by atoms with Crippen molar-refractivity contribution in [3.8, 4) is 0 Å². The van der Waals surface area contributed by atoms with Gasteiger partial charge < -0.3 is 15.7 Å². The molecule has 0 saturated heterocycles. The third-order valence-corrected chi connectivity index (χ3v) is 2.91. The molecule has 1 aromatic rings. The zero-order valence-corrected chi connectivity index (χ0v) is 11.8. The lowest BCUT2D eigenvalue weighted by Gasteiger charge is -2.09. The molecule has 0 fully saturated rings. The molecular weight excluding hydrogens is 279 g/mol. The second kappa shape index (κ2) is 7.37. The number of carbonyl (C=O) groups excluding carboxylic acids is 2. The van der Waals surface area contributed by atoms with Crippen molar-refractivity contribution in [3.63, 3.8) is 0 Å². The van der Waals surface area contributed by atoms with Gasteiger partial charge in [-0.15, -0.1) is 0 Å². The van der Waals surface area contributed by atoms with Gasteiger partial charge in [0, 0.05) is 18.7 Å². The molecule has 1 unspecified atom stereocenters. The van der Waals surface area contributed by atoms with Crippen LogP contribution in [0.25, 0.3) is 0 Å². The van der Waals surface area contributed by atoms with Crippen LogP contribution < -0.4 is 10.6 Å². The van der Waals surface area contributed by atoms with Crippen LogP contribution in [-0.4, -0.2) is 36.0 Å². The summed E-state index contributed by atoms with van der Waals surface area (Å²) in [4.78, 5) is 33.6. The van der Waals surface area contributed by atoms with Gasteiger partial charge in [0.1, 0.15) is 11.7 Å². The molecule has 3 N–H and O–H groups in total. The number of rotatable bonds is 6. The number of hydrogen-bond donors (Lipinski definition) is 3. The lowest BCUT2D eigenvalue weighted by Crippen LogP contribution is -2.38. The van der Waals surface area contributed by atoms with Gasteiger partial charge >= 0.3 is 5.97 Å². The van der Waals surface area contributed by atoms with Crippen LogP contribution in [-0.2, 0) is 9.59 Å². The molecule has 21 heavy (non-hydrogen) atoms. The van der Waals surface area contributed by atoms with Crippen LogP contribution in [0.3, 0.4) is 0 Å². The minimum atomic E-state index is -1.22. The van der Waals surface area contributed by atoms with Gasteiger partial charge in [-0.3, -0.25) is 14.4 Å². The zero-order valence-electron chi connectivity index (χ0n) is 11.8. The Labute approximate surface area is 121 Å². The van der Waals surface area contributed by atoms with E-state index in [4.69, 9.17) is 5.11 Å². The van der Waals surface area contributed by atoms with Crippen LogP contribution in [0.15, 0.2) is 18.2 Å². The molecule has 0 aromatic heterocycles. The number of aliphatic carboxylic acids is 1. The number of nitrogens with one attached hydrogen (secondary N) is 2. The molecule has 1 aromatic carbocycles. The number of carbonyl (C=O) groups is 3. The maximum absolute atomic E-state index is 13.3. The second-order valence-electron chi connectivity index (χ2n) is 4.57. The van der Waals surface area contributed by atoms with Gasteiger partial charge in [-0.1, -0.05) is 6.07 Å². The van der Waals surface area contributed by atoms with Crippen molar-refractivity contribution in [3.05, 3.63) is 35.1 Å². The molecule has 0 aliphatic heterocycles. The number of benzene rings is 1. The van der Waals surface area contributed by atoms with Crippen LogP contribution in [0.2, 0.25) is 0 Å². The first-order valence-electron chi connectivity index (χ1n) is 6.37. The van der Waals surface area contributed by atoms with Crippen LogP contribution >= 0.6 is 0 Å².